The monoisotopic (exact) mass is 261 g/mol. The zero-order valence-corrected chi connectivity index (χ0v) is 10.7. The summed E-state index contributed by atoms with van der Waals surface area (Å²) in [6.45, 7) is 2.09. The highest BCUT2D eigenvalue weighted by molar-refractivity contribution is 5.78. The highest BCUT2D eigenvalue weighted by Gasteiger charge is 2.17. The SMILES string of the molecule is N#Cc1cccc(CNCC(=O)N2CCCC2)c1F. The van der Waals surface area contributed by atoms with Crippen LogP contribution in [0, 0.1) is 17.1 Å². The topological polar surface area (TPSA) is 56.1 Å². The van der Waals surface area contributed by atoms with Gasteiger partial charge in [-0.05, 0) is 18.9 Å². The lowest BCUT2D eigenvalue weighted by Gasteiger charge is -2.15. The summed E-state index contributed by atoms with van der Waals surface area (Å²) in [6.07, 6.45) is 2.12. The standard InChI is InChI=1S/C14H16FN3O/c15-14-11(8-16)4-3-5-12(14)9-17-10-13(19)18-6-1-2-7-18/h3-5,17H,1-2,6-7,9-10H2. The third-order valence-electron chi connectivity index (χ3n) is 3.25. The van der Waals surface area contributed by atoms with E-state index in [0.29, 0.717) is 5.56 Å². The third-order valence-corrected chi connectivity index (χ3v) is 3.25. The van der Waals surface area contributed by atoms with Crippen LogP contribution in [0.1, 0.15) is 24.0 Å². The van der Waals surface area contributed by atoms with Crippen LogP contribution >= 0.6 is 0 Å². The van der Waals surface area contributed by atoms with Crippen molar-refractivity contribution in [1.82, 2.24) is 10.2 Å². The fourth-order valence-corrected chi connectivity index (χ4v) is 2.19. The van der Waals surface area contributed by atoms with Gasteiger partial charge in [-0.1, -0.05) is 12.1 Å². The van der Waals surface area contributed by atoms with Crippen LogP contribution in [0.25, 0.3) is 0 Å². The van der Waals surface area contributed by atoms with E-state index >= 15 is 0 Å². The molecule has 1 aromatic carbocycles. The number of halogens is 1. The summed E-state index contributed by atoms with van der Waals surface area (Å²) in [7, 11) is 0. The summed E-state index contributed by atoms with van der Waals surface area (Å²) >= 11 is 0. The molecular weight excluding hydrogens is 245 g/mol. The lowest BCUT2D eigenvalue weighted by Crippen LogP contribution is -2.36. The average Bonchev–Trinajstić information content (AvgIpc) is 2.94. The first-order valence-corrected chi connectivity index (χ1v) is 6.38. The van der Waals surface area contributed by atoms with Crippen LogP contribution in [-0.2, 0) is 11.3 Å². The number of nitrogens with one attached hydrogen (secondary N) is 1. The van der Waals surface area contributed by atoms with Gasteiger partial charge < -0.3 is 10.2 Å². The van der Waals surface area contributed by atoms with Gasteiger partial charge in [0.1, 0.15) is 11.9 Å². The van der Waals surface area contributed by atoms with Crippen LogP contribution in [0.5, 0.6) is 0 Å². The molecule has 0 spiro atoms. The van der Waals surface area contributed by atoms with Gasteiger partial charge in [0.05, 0.1) is 12.1 Å². The first-order chi connectivity index (χ1) is 9.22. The summed E-state index contributed by atoms with van der Waals surface area (Å²) in [6, 6.07) is 6.49. The van der Waals surface area contributed by atoms with Gasteiger partial charge in [-0.3, -0.25) is 4.79 Å². The van der Waals surface area contributed by atoms with Gasteiger partial charge in [0.25, 0.3) is 0 Å². The molecule has 1 saturated heterocycles. The third kappa shape index (κ3) is 3.30. The first-order valence-electron chi connectivity index (χ1n) is 6.38. The van der Waals surface area contributed by atoms with Crippen molar-refractivity contribution in [3.8, 4) is 6.07 Å². The number of hydrogen-bond acceptors (Lipinski definition) is 3. The molecule has 0 bridgehead atoms. The van der Waals surface area contributed by atoms with Crippen molar-refractivity contribution >= 4 is 5.91 Å². The Morgan fingerprint density at radius 3 is 2.84 bits per heavy atom. The van der Waals surface area contributed by atoms with Crippen molar-refractivity contribution in [3.63, 3.8) is 0 Å². The van der Waals surface area contributed by atoms with E-state index in [1.807, 2.05) is 4.90 Å². The zero-order chi connectivity index (χ0) is 13.7. The Kier molecular flexibility index (Phi) is 4.48. The maximum atomic E-state index is 13.7. The molecule has 0 unspecified atom stereocenters. The molecule has 1 aliphatic rings. The molecule has 100 valence electrons. The van der Waals surface area contributed by atoms with Crippen molar-refractivity contribution in [2.75, 3.05) is 19.6 Å². The van der Waals surface area contributed by atoms with Crippen molar-refractivity contribution in [1.29, 1.82) is 5.26 Å². The smallest absolute Gasteiger partial charge is 0.236 e. The Bertz CT molecular complexity index is 504. The first kappa shape index (κ1) is 13.5. The van der Waals surface area contributed by atoms with E-state index in [-0.39, 0.29) is 24.6 Å². The second kappa shape index (κ2) is 6.30. The molecule has 5 heteroatoms. The molecule has 19 heavy (non-hydrogen) atoms. The number of rotatable bonds is 4. The predicted molar refractivity (Wildman–Crippen MR) is 68.6 cm³/mol. The van der Waals surface area contributed by atoms with Gasteiger partial charge in [-0.15, -0.1) is 0 Å². The van der Waals surface area contributed by atoms with Crippen LogP contribution in [0.2, 0.25) is 0 Å². The predicted octanol–water partition coefficient (Wildman–Crippen LogP) is 1.41. The van der Waals surface area contributed by atoms with Gasteiger partial charge in [0.15, 0.2) is 0 Å². The molecular formula is C14H16FN3O. The molecule has 1 aromatic rings. The van der Waals surface area contributed by atoms with Crippen molar-refractivity contribution in [2.45, 2.75) is 19.4 Å². The molecule has 1 fully saturated rings. The van der Waals surface area contributed by atoms with Crippen LogP contribution in [0.15, 0.2) is 18.2 Å². The van der Waals surface area contributed by atoms with E-state index in [1.165, 1.54) is 6.07 Å². The molecule has 1 amide bonds. The van der Waals surface area contributed by atoms with Gasteiger partial charge in [0, 0.05) is 25.2 Å². The summed E-state index contributed by atoms with van der Waals surface area (Å²) in [5.74, 6) is -0.458. The number of amides is 1. The van der Waals surface area contributed by atoms with Gasteiger partial charge in [-0.25, -0.2) is 4.39 Å². The molecule has 4 nitrogen and oxygen atoms in total. The van der Waals surface area contributed by atoms with Gasteiger partial charge >= 0.3 is 0 Å². The molecule has 0 aliphatic carbocycles. The number of carbonyl (C=O) groups is 1. The quantitative estimate of drug-likeness (QED) is 0.891. The molecule has 1 heterocycles. The second-order valence-electron chi connectivity index (χ2n) is 4.58. The fraction of sp³-hybridized carbons (Fsp3) is 0.429. The van der Waals surface area contributed by atoms with Gasteiger partial charge in [0.2, 0.25) is 5.91 Å². The van der Waals surface area contributed by atoms with Crippen molar-refractivity contribution in [3.05, 3.63) is 35.1 Å². The molecule has 1 N–H and O–H groups in total. The fourth-order valence-electron chi connectivity index (χ4n) is 2.19. The number of benzene rings is 1. The van der Waals surface area contributed by atoms with Crippen LogP contribution in [0.3, 0.4) is 0 Å². The number of likely N-dealkylation sites (tertiary alicyclic amines) is 1. The molecule has 0 aromatic heterocycles. The maximum absolute atomic E-state index is 13.7. The average molecular weight is 261 g/mol. The zero-order valence-electron chi connectivity index (χ0n) is 10.7. The van der Waals surface area contributed by atoms with Crippen LogP contribution in [-0.4, -0.2) is 30.4 Å². The van der Waals surface area contributed by atoms with Crippen LogP contribution in [0.4, 0.5) is 4.39 Å². The number of carbonyl (C=O) groups excluding carboxylic acids is 1. The van der Waals surface area contributed by atoms with Gasteiger partial charge in [-0.2, -0.15) is 5.26 Å². The Morgan fingerprint density at radius 1 is 1.42 bits per heavy atom. The van der Waals surface area contributed by atoms with E-state index in [0.717, 1.165) is 25.9 Å². The lowest BCUT2D eigenvalue weighted by atomic mass is 10.1. The minimum absolute atomic E-state index is 0.0326. The van der Waals surface area contributed by atoms with E-state index < -0.39 is 5.82 Å². The van der Waals surface area contributed by atoms with E-state index in [4.69, 9.17) is 5.26 Å². The molecule has 0 saturated carbocycles. The highest BCUT2D eigenvalue weighted by Crippen LogP contribution is 2.12. The largest absolute Gasteiger partial charge is 0.342 e. The second-order valence-corrected chi connectivity index (χ2v) is 4.58. The minimum Gasteiger partial charge on any atom is -0.342 e. The van der Waals surface area contributed by atoms with E-state index in [2.05, 4.69) is 5.32 Å². The van der Waals surface area contributed by atoms with Crippen molar-refractivity contribution in [2.24, 2.45) is 0 Å². The van der Waals surface area contributed by atoms with Crippen LogP contribution < -0.4 is 5.32 Å². The molecule has 2 rings (SSSR count). The number of nitriles is 1. The normalized spacial score (nSPS) is 14.4. The Balaban J connectivity index is 1.86. The Labute approximate surface area is 111 Å². The Morgan fingerprint density at radius 2 is 2.16 bits per heavy atom. The summed E-state index contributed by atoms with van der Waals surface area (Å²) in [5.41, 5.74) is 0.443. The number of hydrogen-bond donors (Lipinski definition) is 1. The molecule has 0 radical (unpaired) electrons. The lowest BCUT2D eigenvalue weighted by molar-refractivity contribution is -0.129. The number of nitrogens with zero attached hydrogens (tertiary/aromatic N) is 2. The highest BCUT2D eigenvalue weighted by atomic mass is 19.1. The van der Waals surface area contributed by atoms with E-state index in [9.17, 15) is 9.18 Å². The summed E-state index contributed by atoms with van der Waals surface area (Å²) in [5, 5.41) is 11.7. The summed E-state index contributed by atoms with van der Waals surface area (Å²) < 4.78 is 13.7. The minimum atomic E-state index is -0.508. The summed E-state index contributed by atoms with van der Waals surface area (Å²) in [4.78, 5) is 13.6. The molecule has 0 atom stereocenters. The van der Waals surface area contributed by atoms with E-state index in [1.54, 1.807) is 18.2 Å². The Hall–Kier alpha value is -1.93. The molecule has 1 aliphatic heterocycles. The maximum Gasteiger partial charge on any atom is 0.236 e. The van der Waals surface area contributed by atoms with Crippen molar-refractivity contribution < 1.29 is 9.18 Å².